The smallest absolute Gasteiger partial charge is 0.410 e. The first kappa shape index (κ1) is 12.4. The summed E-state index contributed by atoms with van der Waals surface area (Å²) in [5.41, 5.74) is 0.887. The summed E-state index contributed by atoms with van der Waals surface area (Å²) >= 11 is 0. The SMILES string of the molecule is O=C1CN(C(=O)OCc2ccccc2)CCN1O. The lowest BCUT2D eigenvalue weighted by atomic mass is 10.2. The number of amides is 2. The van der Waals surface area contributed by atoms with Crippen molar-refractivity contribution in [2.24, 2.45) is 0 Å². The average Bonchev–Trinajstić information content (AvgIpc) is 2.40. The molecule has 0 unspecified atom stereocenters. The highest BCUT2D eigenvalue weighted by molar-refractivity contribution is 5.82. The molecule has 1 fully saturated rings. The Kier molecular flexibility index (Phi) is 3.78. The van der Waals surface area contributed by atoms with Crippen LogP contribution in [0.25, 0.3) is 0 Å². The monoisotopic (exact) mass is 250 g/mol. The second kappa shape index (κ2) is 5.50. The van der Waals surface area contributed by atoms with Crippen LogP contribution >= 0.6 is 0 Å². The van der Waals surface area contributed by atoms with Gasteiger partial charge in [0.25, 0.3) is 5.91 Å². The van der Waals surface area contributed by atoms with E-state index in [2.05, 4.69) is 0 Å². The second-order valence-electron chi connectivity index (χ2n) is 3.98. The Morgan fingerprint density at radius 2 is 2.00 bits per heavy atom. The van der Waals surface area contributed by atoms with Crippen LogP contribution < -0.4 is 0 Å². The summed E-state index contributed by atoms with van der Waals surface area (Å²) in [6.07, 6.45) is -0.541. The molecule has 1 aliphatic heterocycles. The van der Waals surface area contributed by atoms with Crippen molar-refractivity contribution in [3.05, 3.63) is 35.9 Å². The van der Waals surface area contributed by atoms with Gasteiger partial charge in [0.15, 0.2) is 0 Å². The lowest BCUT2D eigenvalue weighted by Gasteiger charge is -2.29. The number of benzene rings is 1. The van der Waals surface area contributed by atoms with Gasteiger partial charge in [-0.2, -0.15) is 0 Å². The fraction of sp³-hybridized carbons (Fsp3) is 0.333. The van der Waals surface area contributed by atoms with Gasteiger partial charge < -0.3 is 4.74 Å². The Bertz CT molecular complexity index is 435. The minimum Gasteiger partial charge on any atom is -0.445 e. The van der Waals surface area contributed by atoms with Crippen LogP contribution in [0, 0.1) is 0 Å². The Morgan fingerprint density at radius 3 is 2.67 bits per heavy atom. The van der Waals surface area contributed by atoms with Crippen molar-refractivity contribution in [3.63, 3.8) is 0 Å². The van der Waals surface area contributed by atoms with Gasteiger partial charge in [-0.1, -0.05) is 30.3 Å². The molecule has 1 saturated heterocycles. The van der Waals surface area contributed by atoms with Crippen LogP contribution in [0.15, 0.2) is 30.3 Å². The summed E-state index contributed by atoms with van der Waals surface area (Å²) in [6.45, 7) is 0.409. The maximum atomic E-state index is 11.7. The molecule has 6 heteroatoms. The summed E-state index contributed by atoms with van der Waals surface area (Å²) in [5.74, 6) is -0.502. The quantitative estimate of drug-likeness (QED) is 0.790. The van der Waals surface area contributed by atoms with E-state index in [0.717, 1.165) is 5.56 Å². The molecule has 1 aliphatic rings. The molecule has 1 heterocycles. The van der Waals surface area contributed by atoms with Crippen LogP contribution in [-0.4, -0.2) is 46.8 Å². The summed E-state index contributed by atoms with van der Waals surface area (Å²) in [4.78, 5) is 24.2. The standard InChI is InChI=1S/C12H14N2O4/c15-11-8-13(6-7-14(11)17)12(16)18-9-10-4-2-1-3-5-10/h1-5,17H,6-9H2. The molecule has 0 radical (unpaired) electrons. The minimum absolute atomic E-state index is 0.110. The van der Waals surface area contributed by atoms with Gasteiger partial charge in [-0.3, -0.25) is 14.9 Å². The van der Waals surface area contributed by atoms with E-state index in [4.69, 9.17) is 9.94 Å². The summed E-state index contributed by atoms with van der Waals surface area (Å²) in [5, 5.41) is 9.70. The van der Waals surface area contributed by atoms with Crippen LogP contribution in [-0.2, 0) is 16.1 Å². The summed E-state index contributed by atoms with van der Waals surface area (Å²) in [6, 6.07) is 9.30. The number of ether oxygens (including phenoxy) is 1. The summed E-state index contributed by atoms with van der Waals surface area (Å²) in [7, 11) is 0. The first-order valence-electron chi connectivity index (χ1n) is 5.61. The van der Waals surface area contributed by atoms with E-state index in [1.165, 1.54) is 4.90 Å². The first-order chi connectivity index (χ1) is 8.66. The molecule has 0 bridgehead atoms. The van der Waals surface area contributed by atoms with Crippen molar-refractivity contribution in [3.8, 4) is 0 Å². The second-order valence-corrected chi connectivity index (χ2v) is 3.98. The molecule has 0 aliphatic carbocycles. The van der Waals surface area contributed by atoms with Gasteiger partial charge in [0, 0.05) is 6.54 Å². The number of rotatable bonds is 2. The number of carbonyl (C=O) groups is 2. The average molecular weight is 250 g/mol. The Labute approximate surface area is 104 Å². The van der Waals surface area contributed by atoms with Gasteiger partial charge in [0.05, 0.1) is 6.54 Å². The van der Waals surface area contributed by atoms with Gasteiger partial charge in [0.1, 0.15) is 13.2 Å². The highest BCUT2D eigenvalue weighted by atomic mass is 16.6. The van der Waals surface area contributed by atoms with Gasteiger partial charge in [-0.05, 0) is 5.56 Å². The Balaban J connectivity index is 1.83. The zero-order chi connectivity index (χ0) is 13.0. The van der Waals surface area contributed by atoms with Gasteiger partial charge >= 0.3 is 6.09 Å². The van der Waals surface area contributed by atoms with E-state index < -0.39 is 12.0 Å². The van der Waals surface area contributed by atoms with Crippen LogP contribution in [0.2, 0.25) is 0 Å². The highest BCUT2D eigenvalue weighted by Crippen LogP contribution is 2.06. The fourth-order valence-electron chi connectivity index (χ4n) is 1.63. The van der Waals surface area contributed by atoms with E-state index >= 15 is 0 Å². The topological polar surface area (TPSA) is 70.1 Å². The Morgan fingerprint density at radius 1 is 1.28 bits per heavy atom. The molecule has 1 N–H and O–H groups in total. The van der Waals surface area contributed by atoms with Gasteiger partial charge in [-0.25, -0.2) is 9.86 Å². The van der Waals surface area contributed by atoms with Crippen molar-refractivity contribution in [2.45, 2.75) is 6.61 Å². The molecule has 0 atom stereocenters. The van der Waals surface area contributed by atoms with Crippen LogP contribution in [0.5, 0.6) is 0 Å². The predicted molar refractivity (Wildman–Crippen MR) is 61.7 cm³/mol. The van der Waals surface area contributed by atoms with Gasteiger partial charge in [-0.15, -0.1) is 0 Å². The van der Waals surface area contributed by atoms with Crippen molar-refractivity contribution < 1.29 is 19.5 Å². The number of nitrogens with zero attached hydrogens (tertiary/aromatic N) is 2. The predicted octanol–water partition coefficient (Wildman–Crippen LogP) is 0.857. The molecule has 0 spiro atoms. The molecular weight excluding hydrogens is 236 g/mol. The van der Waals surface area contributed by atoms with Crippen LogP contribution in [0.4, 0.5) is 4.79 Å². The van der Waals surface area contributed by atoms with E-state index in [1.807, 2.05) is 30.3 Å². The van der Waals surface area contributed by atoms with Crippen molar-refractivity contribution in [2.75, 3.05) is 19.6 Å². The molecule has 1 aromatic rings. The van der Waals surface area contributed by atoms with Crippen molar-refractivity contribution >= 4 is 12.0 Å². The molecule has 1 aromatic carbocycles. The lowest BCUT2D eigenvalue weighted by Crippen LogP contribution is -2.51. The van der Waals surface area contributed by atoms with Crippen LogP contribution in [0.1, 0.15) is 5.56 Å². The fourth-order valence-corrected chi connectivity index (χ4v) is 1.63. The zero-order valence-corrected chi connectivity index (χ0v) is 9.78. The molecule has 96 valence electrons. The van der Waals surface area contributed by atoms with Gasteiger partial charge in [0.2, 0.25) is 0 Å². The molecule has 2 rings (SSSR count). The molecule has 18 heavy (non-hydrogen) atoms. The van der Waals surface area contributed by atoms with Crippen LogP contribution in [0.3, 0.4) is 0 Å². The molecule has 2 amide bonds. The van der Waals surface area contributed by atoms with E-state index in [9.17, 15) is 9.59 Å². The molecule has 0 saturated carbocycles. The third kappa shape index (κ3) is 2.98. The lowest BCUT2D eigenvalue weighted by molar-refractivity contribution is -0.172. The number of carbonyl (C=O) groups excluding carboxylic acids is 2. The van der Waals surface area contributed by atoms with E-state index in [-0.39, 0.29) is 26.2 Å². The molecular formula is C12H14N2O4. The minimum atomic E-state index is -0.541. The molecule has 6 nitrogen and oxygen atoms in total. The Hall–Kier alpha value is -2.08. The summed E-state index contributed by atoms with van der Waals surface area (Å²) < 4.78 is 5.09. The third-order valence-electron chi connectivity index (χ3n) is 2.66. The number of hydroxylamine groups is 2. The largest absolute Gasteiger partial charge is 0.445 e. The number of hydrogen-bond acceptors (Lipinski definition) is 4. The maximum Gasteiger partial charge on any atom is 0.410 e. The highest BCUT2D eigenvalue weighted by Gasteiger charge is 2.26. The third-order valence-corrected chi connectivity index (χ3v) is 2.66. The molecule has 0 aromatic heterocycles. The maximum absolute atomic E-state index is 11.7. The number of hydrogen-bond donors (Lipinski definition) is 1. The number of piperazine rings is 1. The van der Waals surface area contributed by atoms with Crippen molar-refractivity contribution in [1.82, 2.24) is 9.96 Å². The van der Waals surface area contributed by atoms with Crippen molar-refractivity contribution in [1.29, 1.82) is 0 Å². The zero-order valence-electron chi connectivity index (χ0n) is 9.78. The van der Waals surface area contributed by atoms with E-state index in [1.54, 1.807) is 0 Å². The normalized spacial score (nSPS) is 15.7. The van der Waals surface area contributed by atoms with E-state index in [0.29, 0.717) is 5.06 Å². The first-order valence-corrected chi connectivity index (χ1v) is 5.61.